The van der Waals surface area contributed by atoms with Gasteiger partial charge in [0.2, 0.25) is 15.9 Å². The quantitative estimate of drug-likeness (QED) is 0.519. The predicted octanol–water partition coefficient (Wildman–Crippen LogP) is 3.08. The van der Waals surface area contributed by atoms with Crippen LogP contribution in [-0.2, 0) is 20.6 Å². The standard InChI is InChI=1S/C24H28N4O4S/c1-18-15-22(20(3)28(18)23-16-19(2)32-25-23)9-10-24(29)26-11-13-27(14-12-26)33(30,31)17-21-7-5-4-6-8-21/h4-10,15-16H,11-14,17H2,1-3H3. The molecule has 1 aliphatic rings. The molecule has 8 nitrogen and oxygen atoms in total. The van der Waals surface area contributed by atoms with Crippen LogP contribution < -0.4 is 0 Å². The Bertz CT molecular complexity index is 1270. The molecule has 0 N–H and O–H groups in total. The number of benzene rings is 1. The number of carbonyl (C=O) groups is 1. The van der Waals surface area contributed by atoms with Gasteiger partial charge in [-0.1, -0.05) is 35.5 Å². The molecular weight excluding hydrogens is 440 g/mol. The van der Waals surface area contributed by atoms with Crippen LogP contribution >= 0.6 is 0 Å². The van der Waals surface area contributed by atoms with Crippen LogP contribution in [0.2, 0.25) is 0 Å². The number of nitrogens with zero attached hydrogens (tertiary/aromatic N) is 4. The van der Waals surface area contributed by atoms with Crippen LogP contribution in [0.25, 0.3) is 11.9 Å². The lowest BCUT2D eigenvalue weighted by Gasteiger charge is -2.33. The summed E-state index contributed by atoms with van der Waals surface area (Å²) in [7, 11) is -3.41. The Labute approximate surface area is 194 Å². The van der Waals surface area contributed by atoms with Crippen molar-refractivity contribution in [1.82, 2.24) is 18.9 Å². The van der Waals surface area contributed by atoms with Crippen LogP contribution in [0.5, 0.6) is 0 Å². The van der Waals surface area contributed by atoms with Crippen molar-refractivity contribution in [3.8, 4) is 5.82 Å². The normalized spacial score (nSPS) is 15.4. The maximum Gasteiger partial charge on any atom is 0.246 e. The van der Waals surface area contributed by atoms with Gasteiger partial charge in [-0.25, -0.2) is 8.42 Å². The minimum absolute atomic E-state index is 0.0254. The minimum Gasteiger partial charge on any atom is -0.360 e. The maximum absolute atomic E-state index is 12.7. The molecule has 0 radical (unpaired) electrons. The first kappa shape index (κ1) is 23.0. The molecular formula is C24H28N4O4S. The zero-order chi connectivity index (χ0) is 23.6. The summed E-state index contributed by atoms with van der Waals surface area (Å²) in [5.74, 6) is 1.29. The van der Waals surface area contributed by atoms with Crippen LogP contribution in [0.3, 0.4) is 0 Å². The zero-order valence-corrected chi connectivity index (χ0v) is 19.9. The molecule has 0 spiro atoms. The Morgan fingerprint density at radius 3 is 2.39 bits per heavy atom. The number of carbonyl (C=O) groups excluding carboxylic acids is 1. The monoisotopic (exact) mass is 468 g/mol. The van der Waals surface area contributed by atoms with Crippen molar-refractivity contribution in [2.75, 3.05) is 26.2 Å². The largest absolute Gasteiger partial charge is 0.360 e. The number of hydrogen-bond acceptors (Lipinski definition) is 5. The summed E-state index contributed by atoms with van der Waals surface area (Å²) in [5.41, 5.74) is 3.63. The first-order chi connectivity index (χ1) is 15.7. The van der Waals surface area contributed by atoms with E-state index in [9.17, 15) is 13.2 Å². The molecule has 4 rings (SSSR count). The second-order valence-electron chi connectivity index (χ2n) is 8.26. The molecule has 1 saturated heterocycles. The smallest absolute Gasteiger partial charge is 0.246 e. The minimum atomic E-state index is -3.41. The highest BCUT2D eigenvalue weighted by Gasteiger charge is 2.28. The summed E-state index contributed by atoms with van der Waals surface area (Å²) in [6.07, 6.45) is 3.35. The number of piperazine rings is 1. The highest BCUT2D eigenvalue weighted by molar-refractivity contribution is 7.88. The lowest BCUT2D eigenvalue weighted by molar-refractivity contribution is -0.127. The van der Waals surface area contributed by atoms with E-state index in [1.165, 1.54) is 4.31 Å². The lowest BCUT2D eigenvalue weighted by Crippen LogP contribution is -2.50. The lowest BCUT2D eigenvalue weighted by atomic mass is 10.2. The van der Waals surface area contributed by atoms with Crippen LogP contribution in [0.15, 0.2) is 53.1 Å². The first-order valence-corrected chi connectivity index (χ1v) is 12.5. The van der Waals surface area contributed by atoms with E-state index in [0.717, 1.165) is 28.3 Å². The van der Waals surface area contributed by atoms with Crippen molar-refractivity contribution in [2.45, 2.75) is 26.5 Å². The zero-order valence-electron chi connectivity index (χ0n) is 19.1. The number of sulfonamides is 1. The van der Waals surface area contributed by atoms with E-state index in [1.807, 2.05) is 67.8 Å². The van der Waals surface area contributed by atoms with Crippen LogP contribution in [0, 0.1) is 20.8 Å². The Kier molecular flexibility index (Phi) is 6.53. The van der Waals surface area contributed by atoms with Crippen molar-refractivity contribution in [3.63, 3.8) is 0 Å². The summed E-state index contributed by atoms with van der Waals surface area (Å²) in [6.45, 7) is 7.13. The van der Waals surface area contributed by atoms with Crippen LogP contribution in [-0.4, -0.2) is 59.4 Å². The number of amides is 1. The fraction of sp³-hybridized carbons (Fsp3) is 0.333. The molecule has 1 amide bonds. The van der Waals surface area contributed by atoms with Gasteiger partial charge in [0.15, 0.2) is 5.82 Å². The van der Waals surface area contributed by atoms with E-state index in [-0.39, 0.29) is 11.7 Å². The van der Waals surface area contributed by atoms with E-state index in [4.69, 9.17) is 4.52 Å². The molecule has 0 atom stereocenters. The summed E-state index contributed by atoms with van der Waals surface area (Å²) in [5, 5.41) is 4.08. The van der Waals surface area contributed by atoms with Crippen molar-refractivity contribution in [3.05, 3.63) is 76.8 Å². The third-order valence-corrected chi connectivity index (χ3v) is 7.71. The fourth-order valence-corrected chi connectivity index (χ4v) is 5.61. The van der Waals surface area contributed by atoms with Crippen molar-refractivity contribution in [2.24, 2.45) is 0 Å². The Morgan fingerprint density at radius 1 is 1.06 bits per heavy atom. The molecule has 1 aromatic carbocycles. The second-order valence-corrected chi connectivity index (χ2v) is 10.2. The molecule has 1 aliphatic heterocycles. The van der Waals surface area contributed by atoms with Gasteiger partial charge >= 0.3 is 0 Å². The molecule has 9 heteroatoms. The van der Waals surface area contributed by atoms with E-state index in [1.54, 1.807) is 17.1 Å². The van der Waals surface area contributed by atoms with E-state index in [2.05, 4.69) is 5.16 Å². The van der Waals surface area contributed by atoms with Gasteiger partial charge in [0.1, 0.15) is 5.76 Å². The third kappa shape index (κ3) is 5.09. The van der Waals surface area contributed by atoms with Crippen molar-refractivity contribution in [1.29, 1.82) is 0 Å². The Morgan fingerprint density at radius 2 is 1.76 bits per heavy atom. The number of aryl methyl sites for hydroxylation is 2. The van der Waals surface area contributed by atoms with E-state index >= 15 is 0 Å². The Balaban J connectivity index is 1.38. The van der Waals surface area contributed by atoms with Gasteiger partial charge in [-0.05, 0) is 44.0 Å². The molecule has 174 valence electrons. The molecule has 33 heavy (non-hydrogen) atoms. The highest BCUT2D eigenvalue weighted by Crippen LogP contribution is 2.22. The van der Waals surface area contributed by atoms with Crippen LogP contribution in [0.1, 0.15) is 28.3 Å². The van der Waals surface area contributed by atoms with E-state index < -0.39 is 10.0 Å². The molecule has 0 unspecified atom stereocenters. The number of rotatable bonds is 6. The van der Waals surface area contributed by atoms with Crippen molar-refractivity contribution >= 4 is 22.0 Å². The third-order valence-electron chi connectivity index (χ3n) is 5.86. The van der Waals surface area contributed by atoms with Gasteiger partial charge < -0.3 is 9.42 Å². The molecule has 2 aromatic heterocycles. The summed E-state index contributed by atoms with van der Waals surface area (Å²) in [6, 6.07) is 13.0. The maximum atomic E-state index is 12.7. The highest BCUT2D eigenvalue weighted by atomic mass is 32.2. The molecule has 0 saturated carbocycles. The average Bonchev–Trinajstić information content (AvgIpc) is 3.34. The molecule has 0 aliphatic carbocycles. The van der Waals surface area contributed by atoms with Gasteiger partial charge in [0.25, 0.3) is 0 Å². The van der Waals surface area contributed by atoms with Gasteiger partial charge in [-0.2, -0.15) is 4.31 Å². The Hall–Kier alpha value is -3.17. The first-order valence-electron chi connectivity index (χ1n) is 10.9. The fourth-order valence-electron chi connectivity index (χ4n) is 4.10. The summed E-state index contributed by atoms with van der Waals surface area (Å²) >= 11 is 0. The predicted molar refractivity (Wildman–Crippen MR) is 126 cm³/mol. The molecule has 3 heterocycles. The second kappa shape index (κ2) is 9.36. The number of hydrogen-bond donors (Lipinski definition) is 0. The van der Waals surface area contributed by atoms with Gasteiger partial charge in [-0.15, -0.1) is 0 Å². The molecule has 3 aromatic rings. The summed E-state index contributed by atoms with van der Waals surface area (Å²) < 4.78 is 34.1. The van der Waals surface area contributed by atoms with Crippen LogP contribution in [0.4, 0.5) is 0 Å². The van der Waals surface area contributed by atoms with Gasteiger partial charge in [0, 0.05) is 49.7 Å². The molecule has 0 bridgehead atoms. The number of aromatic nitrogens is 2. The van der Waals surface area contributed by atoms with E-state index in [0.29, 0.717) is 32.0 Å². The summed E-state index contributed by atoms with van der Waals surface area (Å²) in [4.78, 5) is 14.4. The SMILES string of the molecule is Cc1cc(-n2c(C)cc(C=CC(=O)N3CCN(S(=O)(=O)Cc4ccccc4)CC3)c2C)no1. The molecule has 1 fully saturated rings. The van der Waals surface area contributed by atoms with Crippen molar-refractivity contribution < 1.29 is 17.7 Å². The topological polar surface area (TPSA) is 88.7 Å². The van der Waals surface area contributed by atoms with Gasteiger partial charge in [-0.3, -0.25) is 9.36 Å². The van der Waals surface area contributed by atoms with Gasteiger partial charge in [0.05, 0.1) is 5.75 Å². The average molecular weight is 469 g/mol.